The van der Waals surface area contributed by atoms with Gasteiger partial charge < -0.3 is 15.8 Å². The van der Waals surface area contributed by atoms with Crippen LogP contribution in [0.5, 0.6) is 0 Å². The summed E-state index contributed by atoms with van der Waals surface area (Å²) in [7, 11) is 0. The molecule has 1 saturated heterocycles. The van der Waals surface area contributed by atoms with Gasteiger partial charge in [0.25, 0.3) is 5.91 Å². The molecule has 0 saturated carbocycles. The lowest BCUT2D eigenvalue weighted by Crippen LogP contribution is -2.33. The van der Waals surface area contributed by atoms with E-state index in [9.17, 15) is 4.79 Å². The molecule has 2 rings (SSSR count). The fourth-order valence-electron chi connectivity index (χ4n) is 2.03. The van der Waals surface area contributed by atoms with E-state index in [1.54, 1.807) is 12.1 Å². The Bertz CT molecular complexity index is 431. The van der Waals surface area contributed by atoms with Crippen molar-refractivity contribution in [3.05, 3.63) is 28.2 Å². The quantitative estimate of drug-likeness (QED) is 0.841. The van der Waals surface area contributed by atoms with Crippen molar-refractivity contribution in [2.24, 2.45) is 5.92 Å². The molecular weight excluding hydrogens is 296 g/mol. The molecule has 1 heterocycles. The van der Waals surface area contributed by atoms with Crippen LogP contribution in [-0.4, -0.2) is 25.7 Å². The molecule has 0 spiro atoms. The van der Waals surface area contributed by atoms with Gasteiger partial charge in [-0.05, 0) is 37.0 Å². The van der Waals surface area contributed by atoms with E-state index in [1.807, 2.05) is 6.07 Å². The Labute approximate surface area is 115 Å². The number of rotatable bonds is 3. The Hall–Kier alpha value is -1.07. The van der Waals surface area contributed by atoms with Crippen LogP contribution in [0, 0.1) is 5.92 Å². The van der Waals surface area contributed by atoms with Crippen molar-refractivity contribution in [3.63, 3.8) is 0 Å². The van der Waals surface area contributed by atoms with E-state index in [1.165, 1.54) is 0 Å². The number of carbonyl (C=O) groups is 1. The lowest BCUT2D eigenvalue weighted by Gasteiger charge is -2.22. The molecule has 0 bridgehead atoms. The van der Waals surface area contributed by atoms with Crippen LogP contribution in [0.4, 0.5) is 5.69 Å². The number of nitrogen functional groups attached to an aromatic ring is 1. The third-order valence-corrected chi connectivity index (χ3v) is 3.56. The van der Waals surface area contributed by atoms with E-state index in [0.717, 1.165) is 30.5 Å². The summed E-state index contributed by atoms with van der Waals surface area (Å²) in [5, 5.41) is 2.92. The number of amides is 1. The highest BCUT2D eigenvalue weighted by Gasteiger charge is 2.16. The van der Waals surface area contributed by atoms with Gasteiger partial charge in [0.15, 0.2) is 0 Å². The maximum absolute atomic E-state index is 12.0. The Morgan fingerprint density at radius 2 is 2.39 bits per heavy atom. The molecule has 1 aromatic rings. The average Bonchev–Trinajstić information content (AvgIpc) is 2.40. The monoisotopic (exact) mass is 312 g/mol. The molecule has 5 heteroatoms. The van der Waals surface area contributed by atoms with Crippen molar-refractivity contribution in [2.45, 2.75) is 12.8 Å². The molecule has 18 heavy (non-hydrogen) atoms. The molecule has 3 N–H and O–H groups in total. The van der Waals surface area contributed by atoms with Crippen LogP contribution in [0.15, 0.2) is 22.7 Å². The van der Waals surface area contributed by atoms with Crippen molar-refractivity contribution >= 4 is 27.5 Å². The van der Waals surface area contributed by atoms with Crippen molar-refractivity contribution in [2.75, 3.05) is 25.5 Å². The summed E-state index contributed by atoms with van der Waals surface area (Å²) in [6.45, 7) is 2.21. The SMILES string of the molecule is Nc1ccc(Br)cc1C(=O)NCC1CCCOC1. The van der Waals surface area contributed by atoms with E-state index in [0.29, 0.717) is 23.7 Å². The van der Waals surface area contributed by atoms with Crippen LogP contribution in [0.1, 0.15) is 23.2 Å². The first kappa shape index (κ1) is 13.4. The van der Waals surface area contributed by atoms with Crippen LogP contribution in [-0.2, 0) is 4.74 Å². The smallest absolute Gasteiger partial charge is 0.253 e. The van der Waals surface area contributed by atoms with Gasteiger partial charge in [-0.25, -0.2) is 0 Å². The molecule has 1 unspecified atom stereocenters. The highest BCUT2D eigenvalue weighted by Crippen LogP contribution is 2.18. The molecule has 1 aliphatic heterocycles. The minimum atomic E-state index is -0.126. The number of hydrogen-bond donors (Lipinski definition) is 2. The zero-order valence-electron chi connectivity index (χ0n) is 10.1. The van der Waals surface area contributed by atoms with E-state index in [4.69, 9.17) is 10.5 Å². The third kappa shape index (κ3) is 3.46. The summed E-state index contributed by atoms with van der Waals surface area (Å²) in [4.78, 5) is 12.0. The molecule has 0 aliphatic carbocycles. The minimum Gasteiger partial charge on any atom is -0.398 e. The summed E-state index contributed by atoms with van der Waals surface area (Å²) < 4.78 is 6.23. The first-order valence-electron chi connectivity index (χ1n) is 6.08. The summed E-state index contributed by atoms with van der Waals surface area (Å²) in [5.41, 5.74) is 6.80. The number of ether oxygens (including phenoxy) is 1. The summed E-state index contributed by atoms with van der Waals surface area (Å²) in [5.74, 6) is 0.287. The molecular formula is C13H17BrN2O2. The largest absolute Gasteiger partial charge is 0.398 e. The maximum atomic E-state index is 12.0. The molecule has 98 valence electrons. The van der Waals surface area contributed by atoms with Gasteiger partial charge >= 0.3 is 0 Å². The first-order chi connectivity index (χ1) is 8.66. The first-order valence-corrected chi connectivity index (χ1v) is 6.87. The topological polar surface area (TPSA) is 64.4 Å². The second kappa shape index (κ2) is 6.20. The molecule has 1 aromatic carbocycles. The van der Waals surface area contributed by atoms with E-state index >= 15 is 0 Å². The van der Waals surface area contributed by atoms with Crippen molar-refractivity contribution in [1.82, 2.24) is 5.32 Å². The summed E-state index contributed by atoms with van der Waals surface area (Å²) >= 11 is 3.34. The second-order valence-electron chi connectivity index (χ2n) is 4.52. The standard InChI is InChI=1S/C13H17BrN2O2/c14-10-3-4-12(15)11(6-10)13(17)16-7-9-2-1-5-18-8-9/h3-4,6,9H,1-2,5,7-8,15H2,(H,16,17). The number of carbonyl (C=O) groups excluding carboxylic acids is 1. The normalized spacial score (nSPS) is 19.5. The van der Waals surface area contributed by atoms with Gasteiger partial charge in [0.05, 0.1) is 12.2 Å². The van der Waals surface area contributed by atoms with Gasteiger partial charge in [-0.3, -0.25) is 4.79 Å². The number of nitrogens with two attached hydrogens (primary N) is 1. The highest BCUT2D eigenvalue weighted by atomic mass is 79.9. The van der Waals surface area contributed by atoms with Crippen LogP contribution < -0.4 is 11.1 Å². The van der Waals surface area contributed by atoms with Gasteiger partial charge in [-0.2, -0.15) is 0 Å². The number of halogens is 1. The van der Waals surface area contributed by atoms with Crippen LogP contribution in [0.2, 0.25) is 0 Å². The average molecular weight is 313 g/mol. The fourth-order valence-corrected chi connectivity index (χ4v) is 2.39. The van der Waals surface area contributed by atoms with Gasteiger partial charge in [-0.15, -0.1) is 0 Å². The van der Waals surface area contributed by atoms with Gasteiger partial charge in [0.2, 0.25) is 0 Å². The van der Waals surface area contributed by atoms with E-state index in [-0.39, 0.29) is 5.91 Å². The zero-order valence-corrected chi connectivity index (χ0v) is 11.7. The van der Waals surface area contributed by atoms with Crippen molar-refractivity contribution < 1.29 is 9.53 Å². The Kier molecular flexibility index (Phi) is 4.60. The molecule has 0 radical (unpaired) electrons. The fraction of sp³-hybridized carbons (Fsp3) is 0.462. The molecule has 1 amide bonds. The van der Waals surface area contributed by atoms with E-state index < -0.39 is 0 Å². The Balaban J connectivity index is 1.92. The van der Waals surface area contributed by atoms with Crippen LogP contribution in [0.25, 0.3) is 0 Å². The van der Waals surface area contributed by atoms with Crippen LogP contribution >= 0.6 is 15.9 Å². The van der Waals surface area contributed by atoms with Crippen LogP contribution in [0.3, 0.4) is 0 Å². The predicted molar refractivity (Wildman–Crippen MR) is 74.4 cm³/mol. The van der Waals surface area contributed by atoms with Gasteiger partial charge in [0, 0.05) is 23.3 Å². The van der Waals surface area contributed by atoms with Gasteiger partial charge in [-0.1, -0.05) is 15.9 Å². The Morgan fingerprint density at radius 3 is 3.11 bits per heavy atom. The van der Waals surface area contributed by atoms with E-state index in [2.05, 4.69) is 21.2 Å². The maximum Gasteiger partial charge on any atom is 0.253 e. The van der Waals surface area contributed by atoms with Gasteiger partial charge in [0.1, 0.15) is 0 Å². The minimum absolute atomic E-state index is 0.126. The lowest BCUT2D eigenvalue weighted by molar-refractivity contribution is 0.0536. The highest BCUT2D eigenvalue weighted by molar-refractivity contribution is 9.10. The molecule has 4 nitrogen and oxygen atoms in total. The summed E-state index contributed by atoms with van der Waals surface area (Å²) in [6, 6.07) is 5.28. The Morgan fingerprint density at radius 1 is 1.56 bits per heavy atom. The van der Waals surface area contributed by atoms with Crippen molar-refractivity contribution in [3.8, 4) is 0 Å². The summed E-state index contributed by atoms with van der Waals surface area (Å²) in [6.07, 6.45) is 2.17. The predicted octanol–water partition coefficient (Wildman–Crippen LogP) is 2.19. The number of nitrogens with one attached hydrogen (secondary N) is 1. The molecule has 1 aliphatic rings. The lowest BCUT2D eigenvalue weighted by atomic mass is 10.0. The number of hydrogen-bond acceptors (Lipinski definition) is 3. The third-order valence-electron chi connectivity index (χ3n) is 3.07. The zero-order chi connectivity index (χ0) is 13.0. The number of benzene rings is 1. The molecule has 1 fully saturated rings. The second-order valence-corrected chi connectivity index (χ2v) is 5.44. The molecule has 0 aromatic heterocycles. The van der Waals surface area contributed by atoms with Crippen molar-refractivity contribution in [1.29, 1.82) is 0 Å². The number of anilines is 1. The molecule has 1 atom stereocenters.